The van der Waals surface area contributed by atoms with Crippen molar-refractivity contribution < 1.29 is 18.3 Å². The second-order valence-corrected chi connectivity index (χ2v) is 6.56. The molecule has 0 saturated heterocycles. The largest absolute Gasteiger partial charge is 0.476 e. The fourth-order valence-electron chi connectivity index (χ4n) is 2.02. The van der Waals surface area contributed by atoms with Crippen LogP contribution >= 0.6 is 0 Å². The molecule has 0 amide bonds. The van der Waals surface area contributed by atoms with Crippen LogP contribution in [0.5, 0.6) is 0 Å². The molecule has 0 aliphatic heterocycles. The molecule has 3 rings (SSSR count). The molecule has 0 unspecified atom stereocenters. The Balaban J connectivity index is 2.43. The van der Waals surface area contributed by atoms with E-state index in [1.165, 1.54) is 24.3 Å². The first-order chi connectivity index (χ1) is 9.77. The molecule has 0 fully saturated rings. The van der Waals surface area contributed by atoms with Gasteiger partial charge < -0.3 is 10.1 Å². The monoisotopic (exact) mass is 307 g/mol. The van der Waals surface area contributed by atoms with E-state index < -0.39 is 21.4 Å². The summed E-state index contributed by atoms with van der Waals surface area (Å²) in [5.74, 6) is -1.26. The van der Waals surface area contributed by atoms with Crippen molar-refractivity contribution in [3.63, 3.8) is 0 Å². The maximum absolute atomic E-state index is 12.3. The number of carboxylic acids is 1. The highest BCUT2D eigenvalue weighted by molar-refractivity contribution is 7.90. The third-order valence-electron chi connectivity index (χ3n) is 3.03. The third-order valence-corrected chi connectivity index (χ3v) is 4.14. The number of aromatic carboxylic acids is 1. The van der Waals surface area contributed by atoms with Gasteiger partial charge in [0, 0.05) is 12.3 Å². The lowest BCUT2D eigenvalue weighted by Crippen LogP contribution is -2.16. The van der Waals surface area contributed by atoms with E-state index in [4.69, 9.17) is 5.11 Å². The normalized spacial score (nSPS) is 12.0. The summed E-state index contributed by atoms with van der Waals surface area (Å²) in [4.78, 5) is 26.0. The van der Waals surface area contributed by atoms with Gasteiger partial charge in [0.2, 0.25) is 0 Å². The minimum atomic E-state index is -3.45. The first kappa shape index (κ1) is 13.3. The zero-order valence-corrected chi connectivity index (χ0v) is 11.5. The standard InChI is InChI=1S/C12H9N3O5S/c1-21(19,20)6-2-3-8-7(4-6)11(16)15-10(13-8)5-9(14-15)12(17)18/h2-5,13H,1H3,(H,17,18). The Morgan fingerprint density at radius 2 is 2.05 bits per heavy atom. The van der Waals surface area contributed by atoms with Gasteiger partial charge in [-0.15, -0.1) is 0 Å². The van der Waals surface area contributed by atoms with Gasteiger partial charge in [-0.2, -0.15) is 9.61 Å². The van der Waals surface area contributed by atoms with Crippen molar-refractivity contribution in [3.8, 4) is 0 Å². The Morgan fingerprint density at radius 1 is 1.33 bits per heavy atom. The summed E-state index contributed by atoms with van der Waals surface area (Å²) in [5, 5.41) is 12.7. The lowest BCUT2D eigenvalue weighted by atomic mass is 10.2. The van der Waals surface area contributed by atoms with Crippen LogP contribution in [0.3, 0.4) is 0 Å². The molecule has 1 aromatic carbocycles. The fourth-order valence-corrected chi connectivity index (χ4v) is 2.67. The number of nitrogens with one attached hydrogen (secondary N) is 1. The summed E-state index contributed by atoms with van der Waals surface area (Å²) < 4.78 is 24.0. The highest BCUT2D eigenvalue weighted by Crippen LogP contribution is 2.16. The van der Waals surface area contributed by atoms with Crippen LogP contribution in [0.25, 0.3) is 16.6 Å². The number of H-pyrrole nitrogens is 1. The molecule has 21 heavy (non-hydrogen) atoms. The van der Waals surface area contributed by atoms with Gasteiger partial charge in [-0.25, -0.2) is 13.2 Å². The molecular weight excluding hydrogens is 298 g/mol. The van der Waals surface area contributed by atoms with Crippen molar-refractivity contribution in [1.29, 1.82) is 0 Å². The minimum absolute atomic E-state index is 0.00506. The summed E-state index contributed by atoms with van der Waals surface area (Å²) in [5.41, 5.74) is -0.243. The molecule has 2 aromatic heterocycles. The highest BCUT2D eigenvalue weighted by Gasteiger charge is 2.15. The average Bonchev–Trinajstić information content (AvgIpc) is 2.82. The number of sulfone groups is 1. The number of hydrogen-bond donors (Lipinski definition) is 2. The van der Waals surface area contributed by atoms with E-state index in [9.17, 15) is 18.0 Å². The van der Waals surface area contributed by atoms with Crippen LogP contribution in [0.1, 0.15) is 10.5 Å². The molecule has 0 bridgehead atoms. The van der Waals surface area contributed by atoms with E-state index >= 15 is 0 Å². The third kappa shape index (κ3) is 2.07. The predicted octanol–water partition coefficient (Wildman–Crippen LogP) is 0.277. The van der Waals surface area contributed by atoms with Crippen LogP contribution in [0, 0.1) is 0 Å². The van der Waals surface area contributed by atoms with Crippen LogP contribution < -0.4 is 5.56 Å². The van der Waals surface area contributed by atoms with E-state index in [-0.39, 0.29) is 21.6 Å². The quantitative estimate of drug-likeness (QED) is 0.701. The molecule has 0 atom stereocenters. The molecule has 0 saturated carbocycles. The molecule has 0 spiro atoms. The van der Waals surface area contributed by atoms with Gasteiger partial charge in [-0.3, -0.25) is 4.79 Å². The van der Waals surface area contributed by atoms with Gasteiger partial charge in [-0.05, 0) is 18.2 Å². The number of carboxylic acid groups (broad SMARTS) is 1. The van der Waals surface area contributed by atoms with E-state index in [1.54, 1.807) is 0 Å². The lowest BCUT2D eigenvalue weighted by molar-refractivity contribution is 0.0690. The Labute approximate surface area is 117 Å². The van der Waals surface area contributed by atoms with Crippen LogP contribution in [-0.4, -0.2) is 40.3 Å². The number of fused-ring (bicyclic) bond motifs is 2. The maximum atomic E-state index is 12.3. The number of nitrogens with zero attached hydrogens (tertiary/aromatic N) is 2. The summed E-state index contributed by atoms with van der Waals surface area (Å²) in [6.45, 7) is 0. The first-order valence-corrected chi connectivity index (χ1v) is 7.66. The summed E-state index contributed by atoms with van der Waals surface area (Å²) in [6, 6.07) is 5.30. The fraction of sp³-hybridized carbons (Fsp3) is 0.0833. The van der Waals surface area contributed by atoms with Crippen LogP contribution in [0.2, 0.25) is 0 Å². The molecular formula is C12H9N3O5S. The van der Waals surface area contributed by atoms with Crippen molar-refractivity contribution >= 4 is 32.4 Å². The van der Waals surface area contributed by atoms with Crippen molar-refractivity contribution in [3.05, 3.63) is 40.3 Å². The molecule has 3 aromatic rings. The van der Waals surface area contributed by atoms with Gasteiger partial charge in [0.15, 0.2) is 15.5 Å². The van der Waals surface area contributed by atoms with Gasteiger partial charge >= 0.3 is 5.97 Å². The molecule has 2 N–H and O–H groups in total. The molecule has 2 heterocycles. The van der Waals surface area contributed by atoms with E-state index in [0.29, 0.717) is 5.52 Å². The lowest BCUT2D eigenvalue weighted by Gasteiger charge is -2.02. The summed E-state index contributed by atoms with van der Waals surface area (Å²) in [6.07, 6.45) is 1.04. The number of aromatic amines is 1. The zero-order valence-electron chi connectivity index (χ0n) is 10.7. The highest BCUT2D eigenvalue weighted by atomic mass is 32.2. The van der Waals surface area contributed by atoms with E-state index in [1.807, 2.05) is 0 Å². The Hall–Kier alpha value is -2.68. The molecule has 0 radical (unpaired) electrons. The topological polar surface area (TPSA) is 122 Å². The van der Waals surface area contributed by atoms with Crippen molar-refractivity contribution in [2.24, 2.45) is 0 Å². The van der Waals surface area contributed by atoms with Crippen LogP contribution in [0.15, 0.2) is 34.0 Å². The van der Waals surface area contributed by atoms with Crippen LogP contribution in [-0.2, 0) is 9.84 Å². The molecule has 9 heteroatoms. The van der Waals surface area contributed by atoms with Crippen molar-refractivity contribution in [2.75, 3.05) is 6.26 Å². The van der Waals surface area contributed by atoms with Gasteiger partial charge in [-0.1, -0.05) is 0 Å². The molecule has 0 aliphatic carbocycles. The van der Waals surface area contributed by atoms with E-state index in [0.717, 1.165) is 10.8 Å². The van der Waals surface area contributed by atoms with Gasteiger partial charge in [0.1, 0.15) is 5.65 Å². The Kier molecular flexibility index (Phi) is 2.63. The van der Waals surface area contributed by atoms with Gasteiger partial charge in [0.25, 0.3) is 5.56 Å². The smallest absolute Gasteiger partial charge is 0.356 e. The molecule has 0 aliphatic rings. The number of hydrogen-bond acceptors (Lipinski definition) is 5. The zero-order chi connectivity index (χ0) is 15.4. The Morgan fingerprint density at radius 3 is 2.67 bits per heavy atom. The summed E-state index contributed by atoms with van der Waals surface area (Å²) in [7, 11) is -3.45. The van der Waals surface area contributed by atoms with Crippen molar-refractivity contribution in [2.45, 2.75) is 4.90 Å². The second-order valence-electron chi connectivity index (χ2n) is 4.54. The van der Waals surface area contributed by atoms with Crippen molar-refractivity contribution in [1.82, 2.24) is 14.6 Å². The number of carbonyl (C=O) groups is 1. The maximum Gasteiger partial charge on any atom is 0.356 e. The predicted molar refractivity (Wildman–Crippen MR) is 73.4 cm³/mol. The number of rotatable bonds is 2. The SMILES string of the molecule is CS(=O)(=O)c1ccc2[nH]c3cc(C(=O)O)nn3c(=O)c2c1. The Bertz CT molecular complexity index is 1060. The van der Waals surface area contributed by atoms with Gasteiger partial charge in [0.05, 0.1) is 15.8 Å². The number of aromatic nitrogens is 3. The van der Waals surface area contributed by atoms with E-state index in [2.05, 4.69) is 10.1 Å². The summed E-state index contributed by atoms with van der Waals surface area (Å²) >= 11 is 0. The first-order valence-electron chi connectivity index (χ1n) is 5.76. The second kappa shape index (κ2) is 4.16. The minimum Gasteiger partial charge on any atom is -0.476 e. The average molecular weight is 307 g/mol. The molecule has 8 nitrogen and oxygen atoms in total. The number of benzene rings is 1. The van der Waals surface area contributed by atoms with Crippen LogP contribution in [0.4, 0.5) is 0 Å². The molecule has 108 valence electrons.